The van der Waals surface area contributed by atoms with E-state index in [1.165, 1.54) is 6.08 Å². The SMILES string of the molecule is O=C(O)C(=O)/C=C/c1cccc(Oc2ccccc2)c1. The molecule has 0 aliphatic rings. The lowest BCUT2D eigenvalue weighted by atomic mass is 10.2. The average molecular weight is 268 g/mol. The molecule has 4 heteroatoms. The molecule has 2 rings (SSSR count). The molecule has 0 radical (unpaired) electrons. The number of benzene rings is 2. The van der Waals surface area contributed by atoms with E-state index in [1.54, 1.807) is 24.3 Å². The summed E-state index contributed by atoms with van der Waals surface area (Å²) in [6, 6.07) is 16.3. The number of ether oxygens (including phenoxy) is 1. The molecular weight excluding hydrogens is 256 g/mol. The molecule has 2 aromatic carbocycles. The highest BCUT2D eigenvalue weighted by Crippen LogP contribution is 2.22. The van der Waals surface area contributed by atoms with Crippen LogP contribution in [-0.2, 0) is 9.59 Å². The van der Waals surface area contributed by atoms with Crippen molar-refractivity contribution in [1.29, 1.82) is 0 Å². The highest BCUT2D eigenvalue weighted by molar-refractivity contribution is 6.38. The lowest BCUT2D eigenvalue weighted by Crippen LogP contribution is -2.08. The van der Waals surface area contributed by atoms with Crippen LogP contribution < -0.4 is 4.74 Å². The zero-order valence-electron chi connectivity index (χ0n) is 10.5. The van der Waals surface area contributed by atoms with Gasteiger partial charge in [-0.1, -0.05) is 36.4 Å². The summed E-state index contributed by atoms with van der Waals surface area (Å²) in [6.45, 7) is 0. The summed E-state index contributed by atoms with van der Waals surface area (Å²) in [4.78, 5) is 21.4. The Hall–Kier alpha value is -2.88. The third kappa shape index (κ3) is 3.81. The summed E-state index contributed by atoms with van der Waals surface area (Å²) in [5, 5.41) is 8.48. The number of carbonyl (C=O) groups excluding carboxylic acids is 1. The fourth-order valence-electron chi connectivity index (χ4n) is 1.55. The van der Waals surface area contributed by atoms with Crippen LogP contribution in [0, 0.1) is 0 Å². The monoisotopic (exact) mass is 268 g/mol. The predicted octanol–water partition coefficient (Wildman–Crippen LogP) is 3.15. The normalized spacial score (nSPS) is 10.4. The van der Waals surface area contributed by atoms with Gasteiger partial charge in [0.05, 0.1) is 0 Å². The van der Waals surface area contributed by atoms with Gasteiger partial charge < -0.3 is 9.84 Å². The van der Waals surface area contributed by atoms with E-state index >= 15 is 0 Å². The molecule has 20 heavy (non-hydrogen) atoms. The molecule has 1 N–H and O–H groups in total. The summed E-state index contributed by atoms with van der Waals surface area (Å²) < 4.78 is 5.64. The Morgan fingerprint density at radius 2 is 1.65 bits per heavy atom. The van der Waals surface area contributed by atoms with Crippen LogP contribution in [-0.4, -0.2) is 16.9 Å². The highest BCUT2D eigenvalue weighted by atomic mass is 16.5. The summed E-state index contributed by atoms with van der Waals surface area (Å²) in [6.07, 6.45) is 2.46. The molecule has 0 saturated carbocycles. The molecule has 0 amide bonds. The second-order valence-corrected chi connectivity index (χ2v) is 3.99. The van der Waals surface area contributed by atoms with Gasteiger partial charge in [-0.15, -0.1) is 0 Å². The van der Waals surface area contributed by atoms with E-state index in [0.29, 0.717) is 17.1 Å². The molecule has 0 fully saturated rings. The quantitative estimate of drug-likeness (QED) is 0.668. The van der Waals surface area contributed by atoms with Gasteiger partial charge in [-0.05, 0) is 35.9 Å². The number of para-hydroxylation sites is 1. The van der Waals surface area contributed by atoms with E-state index in [4.69, 9.17) is 9.84 Å². The Kier molecular flexibility index (Phi) is 4.29. The molecule has 0 heterocycles. The summed E-state index contributed by atoms with van der Waals surface area (Å²) in [5.41, 5.74) is 0.688. The van der Waals surface area contributed by atoms with Crippen molar-refractivity contribution in [3.8, 4) is 11.5 Å². The smallest absolute Gasteiger partial charge is 0.376 e. The van der Waals surface area contributed by atoms with Crippen molar-refractivity contribution < 1.29 is 19.4 Å². The topological polar surface area (TPSA) is 63.6 Å². The minimum atomic E-state index is -1.47. The third-order valence-corrected chi connectivity index (χ3v) is 2.47. The van der Waals surface area contributed by atoms with Crippen molar-refractivity contribution in [2.45, 2.75) is 0 Å². The number of hydrogen-bond acceptors (Lipinski definition) is 3. The van der Waals surface area contributed by atoms with Gasteiger partial charge in [0.15, 0.2) is 0 Å². The van der Waals surface area contributed by atoms with Crippen LogP contribution in [0.5, 0.6) is 11.5 Å². The average Bonchev–Trinajstić information content (AvgIpc) is 2.46. The summed E-state index contributed by atoms with van der Waals surface area (Å²) in [5.74, 6) is -1.12. The van der Waals surface area contributed by atoms with Crippen molar-refractivity contribution in [2.24, 2.45) is 0 Å². The largest absolute Gasteiger partial charge is 0.475 e. The van der Waals surface area contributed by atoms with Crippen LogP contribution in [0.15, 0.2) is 60.7 Å². The minimum absolute atomic E-state index is 0.612. The molecule has 0 saturated heterocycles. The van der Waals surface area contributed by atoms with Gasteiger partial charge in [-0.3, -0.25) is 4.79 Å². The fourth-order valence-corrected chi connectivity index (χ4v) is 1.55. The lowest BCUT2D eigenvalue weighted by molar-refractivity contribution is -0.146. The van der Waals surface area contributed by atoms with Crippen molar-refractivity contribution in [1.82, 2.24) is 0 Å². The number of aliphatic carboxylic acids is 1. The lowest BCUT2D eigenvalue weighted by Gasteiger charge is -2.05. The van der Waals surface area contributed by atoms with Crippen LogP contribution in [0.2, 0.25) is 0 Å². The maximum atomic E-state index is 11.0. The molecular formula is C16H12O4. The van der Waals surface area contributed by atoms with Crippen molar-refractivity contribution in [3.63, 3.8) is 0 Å². The van der Waals surface area contributed by atoms with E-state index in [1.807, 2.05) is 30.3 Å². The standard InChI is InChI=1S/C16H12O4/c17-15(16(18)19)10-9-12-5-4-8-14(11-12)20-13-6-2-1-3-7-13/h1-11H,(H,18,19)/b10-9+. The van der Waals surface area contributed by atoms with E-state index in [0.717, 1.165) is 6.08 Å². The Balaban J connectivity index is 2.12. The Labute approximate surface area is 115 Å². The first-order chi connectivity index (χ1) is 9.65. The zero-order valence-corrected chi connectivity index (χ0v) is 10.5. The molecule has 4 nitrogen and oxygen atoms in total. The zero-order chi connectivity index (χ0) is 14.4. The molecule has 0 aliphatic heterocycles. The van der Waals surface area contributed by atoms with Gasteiger partial charge in [0, 0.05) is 0 Å². The van der Waals surface area contributed by atoms with Crippen molar-refractivity contribution >= 4 is 17.8 Å². The van der Waals surface area contributed by atoms with Crippen LogP contribution in [0.3, 0.4) is 0 Å². The van der Waals surface area contributed by atoms with Gasteiger partial charge in [-0.25, -0.2) is 4.79 Å². The molecule has 0 atom stereocenters. The van der Waals surface area contributed by atoms with Crippen molar-refractivity contribution in [2.75, 3.05) is 0 Å². The first kappa shape index (κ1) is 13.5. The predicted molar refractivity (Wildman–Crippen MR) is 74.6 cm³/mol. The van der Waals surface area contributed by atoms with Gasteiger partial charge >= 0.3 is 5.97 Å². The maximum absolute atomic E-state index is 11.0. The minimum Gasteiger partial charge on any atom is -0.475 e. The first-order valence-electron chi connectivity index (χ1n) is 5.93. The number of rotatable bonds is 5. The molecule has 100 valence electrons. The number of carboxylic acid groups (broad SMARTS) is 1. The van der Waals surface area contributed by atoms with E-state index in [9.17, 15) is 9.59 Å². The second kappa shape index (κ2) is 6.33. The Morgan fingerprint density at radius 3 is 2.35 bits per heavy atom. The van der Waals surface area contributed by atoms with Gasteiger partial charge in [0.2, 0.25) is 0 Å². The summed E-state index contributed by atoms with van der Waals surface area (Å²) >= 11 is 0. The van der Waals surface area contributed by atoms with Gasteiger partial charge in [-0.2, -0.15) is 0 Å². The highest BCUT2D eigenvalue weighted by Gasteiger charge is 2.05. The van der Waals surface area contributed by atoms with Crippen molar-refractivity contribution in [3.05, 3.63) is 66.2 Å². The number of ketones is 1. The van der Waals surface area contributed by atoms with Gasteiger partial charge in [0.1, 0.15) is 11.5 Å². The second-order valence-electron chi connectivity index (χ2n) is 3.99. The molecule has 0 aliphatic carbocycles. The van der Waals surface area contributed by atoms with Crippen LogP contribution in [0.25, 0.3) is 6.08 Å². The number of carbonyl (C=O) groups is 2. The van der Waals surface area contributed by atoms with Crippen LogP contribution >= 0.6 is 0 Å². The maximum Gasteiger partial charge on any atom is 0.376 e. The Morgan fingerprint density at radius 1 is 0.950 bits per heavy atom. The number of carboxylic acids is 1. The van der Waals surface area contributed by atoms with E-state index in [2.05, 4.69) is 0 Å². The Bertz CT molecular complexity index is 645. The number of hydrogen-bond donors (Lipinski definition) is 1. The molecule has 0 aromatic heterocycles. The molecule has 0 bridgehead atoms. The molecule has 2 aromatic rings. The summed E-state index contributed by atoms with van der Waals surface area (Å²) in [7, 11) is 0. The van der Waals surface area contributed by atoms with Gasteiger partial charge in [0.25, 0.3) is 5.78 Å². The fraction of sp³-hybridized carbons (Fsp3) is 0. The van der Waals surface area contributed by atoms with E-state index in [-0.39, 0.29) is 0 Å². The van der Waals surface area contributed by atoms with Crippen LogP contribution in [0.1, 0.15) is 5.56 Å². The van der Waals surface area contributed by atoms with E-state index < -0.39 is 11.8 Å². The van der Waals surface area contributed by atoms with Crippen LogP contribution in [0.4, 0.5) is 0 Å². The molecule has 0 spiro atoms. The third-order valence-electron chi connectivity index (χ3n) is 2.47. The molecule has 0 unspecified atom stereocenters. The first-order valence-corrected chi connectivity index (χ1v) is 5.93.